The molecule has 3 heteroatoms. The van der Waals surface area contributed by atoms with Crippen molar-refractivity contribution >= 4 is 11.8 Å². The summed E-state index contributed by atoms with van der Waals surface area (Å²) in [6.45, 7) is 7.43. The Labute approximate surface area is 126 Å². The van der Waals surface area contributed by atoms with Gasteiger partial charge in [-0.05, 0) is 43.9 Å². The van der Waals surface area contributed by atoms with Crippen LogP contribution in [-0.4, -0.2) is 11.8 Å². The van der Waals surface area contributed by atoms with Crippen LogP contribution in [-0.2, 0) is 0 Å². The number of thioether (sulfide) groups is 1. The molecule has 0 aromatic heterocycles. The summed E-state index contributed by atoms with van der Waals surface area (Å²) in [6, 6.07) is 5.69. The third kappa shape index (κ3) is 3.98. The van der Waals surface area contributed by atoms with Crippen LogP contribution in [0.1, 0.15) is 58.1 Å². The van der Waals surface area contributed by atoms with Crippen molar-refractivity contribution in [2.24, 2.45) is 5.92 Å². The molecule has 0 aliphatic heterocycles. The topological polar surface area (TPSA) is 12.0 Å². The Kier molecular flexibility index (Phi) is 5.91. The van der Waals surface area contributed by atoms with Gasteiger partial charge in [0, 0.05) is 16.2 Å². The molecular weight excluding hydrogens is 269 g/mol. The van der Waals surface area contributed by atoms with Crippen LogP contribution in [0.4, 0.5) is 4.39 Å². The Morgan fingerprint density at radius 2 is 2.20 bits per heavy atom. The van der Waals surface area contributed by atoms with Gasteiger partial charge >= 0.3 is 0 Å². The molecule has 1 nitrogen and oxygen atoms in total. The van der Waals surface area contributed by atoms with Gasteiger partial charge in [-0.2, -0.15) is 0 Å². The normalized spacial score (nSPS) is 24.6. The molecule has 20 heavy (non-hydrogen) atoms. The first-order chi connectivity index (χ1) is 9.61. The minimum Gasteiger partial charge on any atom is -0.310 e. The summed E-state index contributed by atoms with van der Waals surface area (Å²) < 4.78 is 14.3. The molecule has 1 fully saturated rings. The molecule has 112 valence electrons. The number of rotatable bonds is 5. The van der Waals surface area contributed by atoms with Gasteiger partial charge in [0.1, 0.15) is 5.82 Å². The second-order valence-corrected chi connectivity index (χ2v) is 7.26. The van der Waals surface area contributed by atoms with E-state index in [1.54, 1.807) is 17.8 Å². The Hall–Kier alpha value is -0.540. The zero-order chi connectivity index (χ0) is 14.5. The largest absolute Gasteiger partial charge is 0.310 e. The maximum absolute atomic E-state index is 14.3. The lowest BCUT2D eigenvalue weighted by Gasteiger charge is -2.27. The van der Waals surface area contributed by atoms with Crippen LogP contribution >= 0.6 is 11.8 Å². The number of benzene rings is 1. The molecule has 0 bridgehead atoms. The highest BCUT2D eigenvalue weighted by atomic mass is 32.2. The first kappa shape index (κ1) is 15.8. The van der Waals surface area contributed by atoms with E-state index in [4.69, 9.17) is 0 Å². The van der Waals surface area contributed by atoms with E-state index in [0.717, 1.165) is 22.9 Å². The van der Waals surface area contributed by atoms with E-state index in [1.165, 1.54) is 25.7 Å². The van der Waals surface area contributed by atoms with E-state index >= 15 is 0 Å². The van der Waals surface area contributed by atoms with Crippen molar-refractivity contribution in [3.63, 3.8) is 0 Å². The predicted octanol–water partition coefficient (Wildman–Crippen LogP) is 5.17. The molecule has 1 aliphatic carbocycles. The zero-order valence-corrected chi connectivity index (χ0v) is 13.6. The van der Waals surface area contributed by atoms with Crippen LogP contribution in [0.15, 0.2) is 23.1 Å². The molecule has 1 saturated carbocycles. The highest BCUT2D eigenvalue weighted by Gasteiger charge is 2.23. The minimum atomic E-state index is -0.0597. The maximum atomic E-state index is 14.3. The molecule has 2 rings (SSSR count). The lowest BCUT2D eigenvalue weighted by atomic mass is 9.91. The average Bonchev–Trinajstić information content (AvgIpc) is 2.41. The van der Waals surface area contributed by atoms with E-state index in [2.05, 4.69) is 32.2 Å². The fourth-order valence-electron chi connectivity index (χ4n) is 3.06. The molecule has 3 atom stereocenters. The third-order valence-electron chi connectivity index (χ3n) is 4.15. The average molecular weight is 295 g/mol. The van der Waals surface area contributed by atoms with Crippen molar-refractivity contribution in [2.75, 3.05) is 6.54 Å². The van der Waals surface area contributed by atoms with Crippen LogP contribution in [0.25, 0.3) is 0 Å². The number of halogens is 1. The van der Waals surface area contributed by atoms with Gasteiger partial charge in [0.25, 0.3) is 0 Å². The molecule has 1 aromatic rings. The molecule has 0 saturated heterocycles. The van der Waals surface area contributed by atoms with Gasteiger partial charge in [-0.1, -0.05) is 38.8 Å². The van der Waals surface area contributed by atoms with Gasteiger partial charge in [-0.15, -0.1) is 11.8 Å². The molecular formula is C17H26FNS. The Morgan fingerprint density at radius 3 is 2.90 bits per heavy atom. The van der Waals surface area contributed by atoms with Gasteiger partial charge in [0.15, 0.2) is 0 Å². The van der Waals surface area contributed by atoms with Crippen LogP contribution in [0.3, 0.4) is 0 Å². The lowest BCUT2D eigenvalue weighted by Crippen LogP contribution is -2.20. The van der Waals surface area contributed by atoms with Gasteiger partial charge in [-0.3, -0.25) is 0 Å². The molecule has 1 N–H and O–H groups in total. The quantitative estimate of drug-likeness (QED) is 0.804. The van der Waals surface area contributed by atoms with Crippen molar-refractivity contribution in [3.8, 4) is 0 Å². The molecule has 1 aromatic carbocycles. The van der Waals surface area contributed by atoms with Gasteiger partial charge < -0.3 is 5.32 Å². The van der Waals surface area contributed by atoms with E-state index < -0.39 is 0 Å². The molecule has 0 spiro atoms. The maximum Gasteiger partial charge on any atom is 0.137 e. The SMILES string of the molecule is CCNC(C)c1cccc(F)c1SC1CCCC(C)C1. The second-order valence-electron chi connectivity index (χ2n) is 5.95. The monoisotopic (exact) mass is 295 g/mol. The smallest absolute Gasteiger partial charge is 0.137 e. The molecule has 0 radical (unpaired) electrons. The van der Waals surface area contributed by atoms with Gasteiger partial charge in [0.05, 0.1) is 0 Å². The summed E-state index contributed by atoms with van der Waals surface area (Å²) in [5, 5.41) is 3.97. The summed E-state index contributed by atoms with van der Waals surface area (Å²) >= 11 is 1.76. The number of hydrogen-bond donors (Lipinski definition) is 1. The van der Waals surface area contributed by atoms with Crippen LogP contribution in [0.2, 0.25) is 0 Å². The van der Waals surface area contributed by atoms with E-state index in [9.17, 15) is 4.39 Å². The van der Waals surface area contributed by atoms with E-state index in [-0.39, 0.29) is 11.9 Å². The van der Waals surface area contributed by atoms with E-state index in [0.29, 0.717) is 5.25 Å². The van der Waals surface area contributed by atoms with Gasteiger partial charge in [0.2, 0.25) is 0 Å². The van der Waals surface area contributed by atoms with Crippen LogP contribution < -0.4 is 5.32 Å². The summed E-state index contributed by atoms with van der Waals surface area (Å²) in [5.41, 5.74) is 1.11. The van der Waals surface area contributed by atoms with Gasteiger partial charge in [-0.25, -0.2) is 4.39 Å². The fourth-order valence-corrected chi connectivity index (χ4v) is 4.66. The fraction of sp³-hybridized carbons (Fsp3) is 0.647. The lowest BCUT2D eigenvalue weighted by molar-refractivity contribution is 0.394. The number of nitrogens with one attached hydrogen (secondary N) is 1. The molecule has 0 heterocycles. The summed E-state index contributed by atoms with van der Waals surface area (Å²) in [6.07, 6.45) is 5.05. The summed E-state index contributed by atoms with van der Waals surface area (Å²) in [4.78, 5) is 0.861. The Balaban J connectivity index is 2.16. The van der Waals surface area contributed by atoms with Crippen molar-refractivity contribution in [1.29, 1.82) is 0 Å². The zero-order valence-electron chi connectivity index (χ0n) is 12.8. The molecule has 3 unspecified atom stereocenters. The first-order valence-corrected chi connectivity index (χ1v) is 8.68. The molecule has 1 aliphatic rings. The predicted molar refractivity (Wildman–Crippen MR) is 85.8 cm³/mol. The standard InChI is InChI=1S/C17H26FNS/c1-4-19-13(3)15-9-6-10-16(18)17(15)20-14-8-5-7-12(2)11-14/h6,9-10,12-14,19H,4-5,7-8,11H2,1-3H3. The van der Waals surface area contributed by atoms with Crippen molar-refractivity contribution in [2.45, 2.75) is 62.6 Å². The Morgan fingerprint density at radius 1 is 1.40 bits per heavy atom. The second kappa shape index (κ2) is 7.46. The first-order valence-electron chi connectivity index (χ1n) is 7.80. The van der Waals surface area contributed by atoms with E-state index in [1.807, 2.05) is 6.07 Å². The van der Waals surface area contributed by atoms with Crippen molar-refractivity contribution < 1.29 is 4.39 Å². The highest BCUT2D eigenvalue weighted by molar-refractivity contribution is 8.00. The third-order valence-corrected chi connectivity index (χ3v) is 5.57. The number of hydrogen-bond acceptors (Lipinski definition) is 2. The minimum absolute atomic E-state index is 0.0597. The summed E-state index contributed by atoms with van der Waals surface area (Å²) in [5.74, 6) is 0.721. The molecule has 0 amide bonds. The van der Waals surface area contributed by atoms with Crippen LogP contribution in [0, 0.1) is 11.7 Å². The van der Waals surface area contributed by atoms with Crippen molar-refractivity contribution in [1.82, 2.24) is 5.32 Å². The summed E-state index contributed by atoms with van der Waals surface area (Å²) in [7, 11) is 0. The van der Waals surface area contributed by atoms with Crippen molar-refractivity contribution in [3.05, 3.63) is 29.6 Å². The highest BCUT2D eigenvalue weighted by Crippen LogP contribution is 2.39. The Bertz CT molecular complexity index is 435. The van der Waals surface area contributed by atoms with Crippen LogP contribution in [0.5, 0.6) is 0 Å².